The Hall–Kier alpha value is -3.10. The molecule has 3 rings (SSSR count). The fraction of sp³-hybridized carbons (Fsp3) is 0.381. The average molecular weight is 419 g/mol. The Balaban J connectivity index is 1.65. The number of halogens is 3. The zero-order valence-electron chi connectivity index (χ0n) is 17.3. The van der Waals surface area contributed by atoms with Crippen LogP contribution in [0.5, 0.6) is 0 Å². The molecule has 0 bridgehead atoms. The van der Waals surface area contributed by atoms with Crippen molar-refractivity contribution in [2.75, 3.05) is 5.32 Å². The van der Waals surface area contributed by atoms with Crippen molar-refractivity contribution in [3.05, 3.63) is 64.2 Å². The van der Waals surface area contributed by atoms with Crippen LogP contribution in [-0.2, 0) is 24.1 Å². The predicted molar refractivity (Wildman–Crippen MR) is 107 cm³/mol. The molecular weight excluding hydrogens is 395 g/mol. The largest absolute Gasteiger partial charge is 0.435 e. The van der Waals surface area contributed by atoms with Crippen LogP contribution in [0.25, 0.3) is 0 Å². The van der Waals surface area contributed by atoms with Gasteiger partial charge in [-0.3, -0.25) is 14.2 Å². The van der Waals surface area contributed by atoms with Gasteiger partial charge in [0.15, 0.2) is 5.69 Å². The van der Waals surface area contributed by atoms with Crippen molar-refractivity contribution in [3.63, 3.8) is 0 Å². The van der Waals surface area contributed by atoms with Crippen LogP contribution in [0.3, 0.4) is 0 Å². The van der Waals surface area contributed by atoms with E-state index in [1.807, 2.05) is 49.7 Å². The van der Waals surface area contributed by atoms with Crippen molar-refractivity contribution < 1.29 is 18.0 Å². The smallest absolute Gasteiger partial charge is 0.323 e. The summed E-state index contributed by atoms with van der Waals surface area (Å²) in [6.07, 6.45) is -4.50. The Morgan fingerprint density at radius 3 is 2.30 bits per heavy atom. The molecule has 2 heterocycles. The normalized spacial score (nSPS) is 11.7. The van der Waals surface area contributed by atoms with Gasteiger partial charge >= 0.3 is 6.18 Å². The maximum Gasteiger partial charge on any atom is 0.435 e. The molecule has 6 nitrogen and oxygen atoms in total. The van der Waals surface area contributed by atoms with Crippen molar-refractivity contribution >= 4 is 11.6 Å². The molecule has 0 aliphatic carbocycles. The molecule has 0 fully saturated rings. The first kappa shape index (κ1) is 21.6. The number of carbonyl (C=O) groups is 1. The highest BCUT2D eigenvalue weighted by Crippen LogP contribution is 2.28. The summed E-state index contributed by atoms with van der Waals surface area (Å²) in [5.41, 5.74) is 3.80. The number of hydrogen-bond donors (Lipinski definition) is 1. The summed E-state index contributed by atoms with van der Waals surface area (Å²) in [6.45, 7) is 7.87. The number of rotatable bonds is 6. The Kier molecular flexibility index (Phi) is 6.00. The first-order valence-electron chi connectivity index (χ1n) is 9.55. The minimum absolute atomic E-state index is 0.00182. The van der Waals surface area contributed by atoms with Crippen LogP contribution < -0.4 is 5.32 Å². The lowest BCUT2D eigenvalue weighted by molar-refractivity contribution is -0.141. The van der Waals surface area contributed by atoms with Gasteiger partial charge in [-0.05, 0) is 39.3 Å². The molecule has 1 amide bonds. The second-order valence-electron chi connectivity index (χ2n) is 7.38. The van der Waals surface area contributed by atoms with E-state index >= 15 is 0 Å². The van der Waals surface area contributed by atoms with Gasteiger partial charge in [0.05, 0.1) is 23.6 Å². The number of benzene rings is 1. The Morgan fingerprint density at radius 2 is 1.70 bits per heavy atom. The van der Waals surface area contributed by atoms with Crippen LogP contribution in [-0.4, -0.2) is 25.5 Å². The third-order valence-electron chi connectivity index (χ3n) is 4.92. The number of carbonyl (C=O) groups excluding carboxylic acids is 1. The lowest BCUT2D eigenvalue weighted by Gasteiger charge is -2.08. The van der Waals surface area contributed by atoms with Gasteiger partial charge in [0, 0.05) is 18.7 Å². The number of hydrogen-bond acceptors (Lipinski definition) is 3. The van der Waals surface area contributed by atoms with Crippen molar-refractivity contribution in [3.8, 4) is 0 Å². The maximum atomic E-state index is 12.8. The fourth-order valence-corrected chi connectivity index (χ4v) is 3.18. The summed E-state index contributed by atoms with van der Waals surface area (Å²) in [5, 5.41) is 10.9. The van der Waals surface area contributed by atoms with Crippen molar-refractivity contribution in [2.45, 2.75) is 53.4 Å². The molecular formula is C21H24F3N5O. The monoisotopic (exact) mass is 419 g/mol. The molecule has 0 spiro atoms. The molecule has 1 N–H and O–H groups in total. The molecule has 0 aliphatic rings. The highest BCUT2D eigenvalue weighted by atomic mass is 19.4. The van der Waals surface area contributed by atoms with Crippen LogP contribution in [0.4, 0.5) is 18.9 Å². The summed E-state index contributed by atoms with van der Waals surface area (Å²) in [6, 6.07) is 9.11. The molecule has 9 heteroatoms. The van der Waals surface area contributed by atoms with E-state index in [9.17, 15) is 18.0 Å². The van der Waals surface area contributed by atoms with Gasteiger partial charge in [-0.15, -0.1) is 0 Å². The van der Waals surface area contributed by atoms with Gasteiger partial charge < -0.3 is 5.32 Å². The van der Waals surface area contributed by atoms with E-state index in [1.165, 1.54) is 17.2 Å². The number of amides is 1. The zero-order chi connectivity index (χ0) is 22.1. The molecule has 3 aromatic rings. The Morgan fingerprint density at radius 1 is 1.03 bits per heavy atom. The molecule has 0 aliphatic heterocycles. The van der Waals surface area contributed by atoms with E-state index in [0.29, 0.717) is 23.6 Å². The number of aromatic nitrogens is 4. The second-order valence-corrected chi connectivity index (χ2v) is 7.38. The summed E-state index contributed by atoms with van der Waals surface area (Å²) >= 11 is 0. The minimum atomic E-state index is -4.50. The van der Waals surface area contributed by atoms with E-state index in [0.717, 1.165) is 17.3 Å². The van der Waals surface area contributed by atoms with Gasteiger partial charge in [0.25, 0.3) is 0 Å². The molecule has 1 aromatic carbocycles. The van der Waals surface area contributed by atoms with E-state index < -0.39 is 11.9 Å². The Labute approximate surface area is 172 Å². The molecule has 0 saturated heterocycles. The van der Waals surface area contributed by atoms with Gasteiger partial charge in [0.2, 0.25) is 5.91 Å². The quantitative estimate of drug-likeness (QED) is 0.644. The van der Waals surface area contributed by atoms with Crippen LogP contribution in [0, 0.1) is 27.7 Å². The zero-order valence-corrected chi connectivity index (χ0v) is 17.3. The van der Waals surface area contributed by atoms with Crippen molar-refractivity contribution in [2.24, 2.45) is 0 Å². The molecule has 0 unspecified atom stereocenters. The van der Waals surface area contributed by atoms with Crippen LogP contribution >= 0.6 is 0 Å². The summed E-state index contributed by atoms with van der Waals surface area (Å²) in [7, 11) is 0. The summed E-state index contributed by atoms with van der Waals surface area (Å²) in [5.74, 6) is -0.306. The number of alkyl halides is 3. The van der Waals surface area contributed by atoms with Crippen LogP contribution in [0.15, 0.2) is 30.3 Å². The van der Waals surface area contributed by atoms with E-state index in [1.54, 1.807) is 0 Å². The highest BCUT2D eigenvalue weighted by Gasteiger charge is 2.34. The molecule has 30 heavy (non-hydrogen) atoms. The molecule has 0 atom stereocenters. The third-order valence-corrected chi connectivity index (χ3v) is 4.92. The second kappa shape index (κ2) is 8.33. The number of anilines is 1. The van der Waals surface area contributed by atoms with E-state index in [4.69, 9.17) is 0 Å². The van der Waals surface area contributed by atoms with Crippen LogP contribution in [0.2, 0.25) is 0 Å². The first-order valence-corrected chi connectivity index (χ1v) is 9.55. The summed E-state index contributed by atoms with van der Waals surface area (Å²) in [4.78, 5) is 12.4. The van der Waals surface area contributed by atoms with Crippen molar-refractivity contribution in [1.29, 1.82) is 0 Å². The lowest BCUT2D eigenvalue weighted by atomic mass is 10.1. The fourth-order valence-electron chi connectivity index (χ4n) is 3.18. The first-order chi connectivity index (χ1) is 14.0. The van der Waals surface area contributed by atoms with Gasteiger partial charge in [-0.1, -0.05) is 29.8 Å². The predicted octanol–water partition coefficient (Wildman–Crippen LogP) is 4.41. The minimum Gasteiger partial charge on any atom is -0.323 e. The molecule has 160 valence electrons. The molecule has 2 aromatic heterocycles. The van der Waals surface area contributed by atoms with E-state index in [-0.39, 0.29) is 18.9 Å². The average Bonchev–Trinajstić information content (AvgIpc) is 3.17. The SMILES string of the molecule is Cc1ccc(Cn2nc(C)c(NC(=O)CCn3nc(C(F)(F)F)cc3C)c2C)cc1. The van der Waals surface area contributed by atoms with Crippen LogP contribution in [0.1, 0.15) is 40.3 Å². The highest BCUT2D eigenvalue weighted by molar-refractivity contribution is 5.91. The van der Waals surface area contributed by atoms with E-state index in [2.05, 4.69) is 15.5 Å². The standard InChI is InChI=1S/C21H24F3N5O/c1-13-5-7-17(8-6-13)12-29-16(4)20(15(3)26-29)25-19(30)9-10-28-14(2)11-18(27-28)21(22,23)24/h5-8,11H,9-10,12H2,1-4H3,(H,25,30). The number of aryl methyl sites for hydroxylation is 4. The molecule has 0 saturated carbocycles. The lowest BCUT2D eigenvalue weighted by Crippen LogP contribution is -2.17. The van der Waals surface area contributed by atoms with Gasteiger partial charge in [0.1, 0.15) is 0 Å². The third kappa shape index (κ3) is 4.90. The number of nitrogens with zero attached hydrogens (tertiary/aromatic N) is 4. The Bertz CT molecular complexity index is 1050. The molecule has 0 radical (unpaired) electrons. The summed E-state index contributed by atoms with van der Waals surface area (Å²) < 4.78 is 41.3. The van der Waals surface area contributed by atoms with Crippen molar-refractivity contribution in [1.82, 2.24) is 19.6 Å². The van der Waals surface area contributed by atoms with Gasteiger partial charge in [-0.2, -0.15) is 23.4 Å². The maximum absolute atomic E-state index is 12.8. The number of nitrogens with one attached hydrogen (secondary N) is 1. The van der Waals surface area contributed by atoms with Gasteiger partial charge in [-0.25, -0.2) is 0 Å². The topological polar surface area (TPSA) is 64.7 Å².